The summed E-state index contributed by atoms with van der Waals surface area (Å²) in [6.45, 7) is 2.67. The molecule has 1 saturated heterocycles. The smallest absolute Gasteiger partial charge is 0.128 e. The fourth-order valence-electron chi connectivity index (χ4n) is 2.69. The normalized spacial score (nSPS) is 23.6. The van der Waals surface area contributed by atoms with E-state index in [0.29, 0.717) is 11.6 Å². The molecule has 1 aliphatic rings. The Morgan fingerprint density at radius 3 is 3.00 bits per heavy atom. The second-order valence-electron chi connectivity index (χ2n) is 5.26. The van der Waals surface area contributed by atoms with Gasteiger partial charge in [0.25, 0.3) is 0 Å². The molecule has 2 rings (SSSR count). The lowest BCUT2D eigenvalue weighted by Gasteiger charge is -2.42. The molecule has 1 aliphatic heterocycles. The third-order valence-electron chi connectivity index (χ3n) is 3.87. The lowest BCUT2D eigenvalue weighted by atomic mass is 9.78. The highest BCUT2D eigenvalue weighted by Crippen LogP contribution is 2.34. The fraction of sp³-hybridized carbons (Fsp3) is 0.643. The summed E-state index contributed by atoms with van der Waals surface area (Å²) in [4.78, 5) is 6.59. The lowest BCUT2D eigenvalue weighted by Crippen LogP contribution is -2.46. The minimum absolute atomic E-state index is 0.0738. The lowest BCUT2D eigenvalue weighted by molar-refractivity contribution is 0.0624. The summed E-state index contributed by atoms with van der Waals surface area (Å²) in [5.41, 5.74) is -0.0738. The zero-order valence-corrected chi connectivity index (χ0v) is 12.1. The highest BCUT2D eigenvalue weighted by atomic mass is 35.5. The molecular weight excluding hydrogens is 264 g/mol. The Morgan fingerprint density at radius 2 is 2.37 bits per heavy atom. The van der Waals surface area contributed by atoms with E-state index in [4.69, 9.17) is 16.3 Å². The Morgan fingerprint density at radius 1 is 1.53 bits per heavy atom. The van der Waals surface area contributed by atoms with Crippen LogP contribution in [0.5, 0.6) is 0 Å². The van der Waals surface area contributed by atoms with Crippen LogP contribution in [0.2, 0.25) is 5.02 Å². The third kappa shape index (κ3) is 3.59. The van der Waals surface area contributed by atoms with Gasteiger partial charge in [-0.2, -0.15) is 0 Å². The van der Waals surface area contributed by atoms with Gasteiger partial charge in [-0.1, -0.05) is 11.6 Å². The summed E-state index contributed by atoms with van der Waals surface area (Å²) in [7, 11) is 1.70. The number of pyridine rings is 1. The van der Waals surface area contributed by atoms with Gasteiger partial charge in [0.2, 0.25) is 0 Å². The first-order valence-electron chi connectivity index (χ1n) is 6.65. The average Bonchev–Trinajstić information content (AvgIpc) is 2.46. The van der Waals surface area contributed by atoms with Crippen LogP contribution >= 0.6 is 11.6 Å². The number of aliphatic hydroxyl groups is 1. The predicted octanol–water partition coefficient (Wildman–Crippen LogP) is 2.35. The SMILES string of the molecule is COCC[C@]1(CO)CCCN(c2ccc(Cl)cn2)C1. The number of halogens is 1. The molecule has 0 aromatic carbocycles. The largest absolute Gasteiger partial charge is 0.396 e. The molecule has 1 atom stereocenters. The molecule has 106 valence electrons. The van der Waals surface area contributed by atoms with Crippen molar-refractivity contribution < 1.29 is 9.84 Å². The van der Waals surface area contributed by atoms with Crippen molar-refractivity contribution in [3.05, 3.63) is 23.4 Å². The van der Waals surface area contributed by atoms with Gasteiger partial charge in [-0.05, 0) is 31.4 Å². The molecule has 0 radical (unpaired) electrons. The molecular formula is C14H21ClN2O2. The maximum Gasteiger partial charge on any atom is 0.128 e. The van der Waals surface area contributed by atoms with Crippen molar-refractivity contribution in [3.63, 3.8) is 0 Å². The quantitative estimate of drug-likeness (QED) is 0.902. The molecule has 0 unspecified atom stereocenters. The zero-order valence-electron chi connectivity index (χ0n) is 11.3. The third-order valence-corrected chi connectivity index (χ3v) is 4.09. The van der Waals surface area contributed by atoms with Crippen LogP contribution in [0.25, 0.3) is 0 Å². The topological polar surface area (TPSA) is 45.6 Å². The summed E-state index contributed by atoms with van der Waals surface area (Å²) >= 11 is 5.86. The van der Waals surface area contributed by atoms with E-state index in [0.717, 1.165) is 38.2 Å². The van der Waals surface area contributed by atoms with Crippen LogP contribution in [0.15, 0.2) is 18.3 Å². The minimum atomic E-state index is -0.0738. The molecule has 2 heterocycles. The summed E-state index contributed by atoms with van der Waals surface area (Å²) in [6, 6.07) is 3.79. The van der Waals surface area contributed by atoms with Gasteiger partial charge in [0.1, 0.15) is 5.82 Å². The van der Waals surface area contributed by atoms with Gasteiger partial charge in [0, 0.05) is 38.4 Å². The maximum absolute atomic E-state index is 9.75. The van der Waals surface area contributed by atoms with Crippen molar-refractivity contribution >= 4 is 17.4 Å². The first kappa shape index (κ1) is 14.6. The fourth-order valence-corrected chi connectivity index (χ4v) is 2.80. The number of ether oxygens (including phenoxy) is 1. The van der Waals surface area contributed by atoms with Gasteiger partial charge in [-0.15, -0.1) is 0 Å². The second kappa shape index (κ2) is 6.55. The predicted molar refractivity (Wildman–Crippen MR) is 76.7 cm³/mol. The standard InChI is InChI=1S/C14H21ClN2O2/c1-19-8-6-14(11-18)5-2-7-17(10-14)13-4-3-12(15)9-16-13/h3-4,9,18H,2,5-8,10-11H2,1H3/t14-/m1/s1. The van der Waals surface area contributed by atoms with Gasteiger partial charge < -0.3 is 14.7 Å². The number of methoxy groups -OCH3 is 1. The molecule has 1 aromatic heterocycles. The maximum atomic E-state index is 9.75. The van der Waals surface area contributed by atoms with E-state index < -0.39 is 0 Å². The van der Waals surface area contributed by atoms with E-state index in [2.05, 4.69) is 9.88 Å². The zero-order chi connectivity index (χ0) is 13.7. The average molecular weight is 285 g/mol. The van der Waals surface area contributed by atoms with Crippen molar-refractivity contribution in [3.8, 4) is 0 Å². The van der Waals surface area contributed by atoms with E-state index in [9.17, 15) is 5.11 Å². The van der Waals surface area contributed by atoms with E-state index in [1.54, 1.807) is 13.3 Å². The Labute approximate surface area is 119 Å². The molecule has 0 bridgehead atoms. The first-order chi connectivity index (χ1) is 9.19. The molecule has 19 heavy (non-hydrogen) atoms. The Bertz CT molecular complexity index is 399. The number of hydrogen-bond acceptors (Lipinski definition) is 4. The number of aromatic nitrogens is 1. The minimum Gasteiger partial charge on any atom is -0.396 e. The van der Waals surface area contributed by atoms with Crippen LogP contribution < -0.4 is 4.90 Å². The van der Waals surface area contributed by atoms with Crippen molar-refractivity contribution in [1.82, 2.24) is 4.98 Å². The first-order valence-corrected chi connectivity index (χ1v) is 7.03. The summed E-state index contributed by atoms with van der Waals surface area (Å²) in [5, 5.41) is 10.4. The highest BCUT2D eigenvalue weighted by molar-refractivity contribution is 6.30. The summed E-state index contributed by atoms with van der Waals surface area (Å²) in [6.07, 6.45) is 4.65. The van der Waals surface area contributed by atoms with Gasteiger partial charge in [-0.3, -0.25) is 0 Å². The van der Waals surface area contributed by atoms with E-state index in [1.165, 1.54) is 0 Å². The molecule has 0 aliphatic carbocycles. The van der Waals surface area contributed by atoms with Crippen molar-refractivity contribution in [2.75, 3.05) is 38.3 Å². The van der Waals surface area contributed by atoms with Crippen LogP contribution in [-0.4, -0.2) is 43.5 Å². The second-order valence-corrected chi connectivity index (χ2v) is 5.70. The molecule has 4 nitrogen and oxygen atoms in total. The van der Waals surface area contributed by atoms with Crippen LogP contribution in [0.1, 0.15) is 19.3 Å². The Hall–Kier alpha value is -0.840. The molecule has 5 heteroatoms. The van der Waals surface area contributed by atoms with Crippen LogP contribution in [-0.2, 0) is 4.74 Å². The van der Waals surface area contributed by atoms with E-state index in [-0.39, 0.29) is 12.0 Å². The number of nitrogens with zero attached hydrogens (tertiary/aromatic N) is 2. The van der Waals surface area contributed by atoms with E-state index in [1.807, 2.05) is 12.1 Å². The van der Waals surface area contributed by atoms with Crippen LogP contribution in [0.3, 0.4) is 0 Å². The van der Waals surface area contributed by atoms with Gasteiger partial charge in [0.05, 0.1) is 11.6 Å². The number of aliphatic hydroxyl groups excluding tert-OH is 1. The van der Waals surface area contributed by atoms with Crippen molar-refractivity contribution in [1.29, 1.82) is 0 Å². The number of anilines is 1. The number of piperidine rings is 1. The van der Waals surface area contributed by atoms with Crippen LogP contribution in [0.4, 0.5) is 5.82 Å². The number of rotatable bonds is 5. The van der Waals surface area contributed by atoms with Crippen molar-refractivity contribution in [2.45, 2.75) is 19.3 Å². The van der Waals surface area contributed by atoms with Gasteiger partial charge in [-0.25, -0.2) is 4.98 Å². The molecule has 1 aromatic rings. The Kier molecular flexibility index (Phi) is 5.02. The molecule has 1 N–H and O–H groups in total. The van der Waals surface area contributed by atoms with Gasteiger partial charge in [0.15, 0.2) is 0 Å². The summed E-state index contributed by atoms with van der Waals surface area (Å²) < 4.78 is 5.17. The summed E-state index contributed by atoms with van der Waals surface area (Å²) in [5.74, 6) is 0.930. The molecule has 1 fully saturated rings. The molecule has 0 spiro atoms. The Balaban J connectivity index is 2.08. The van der Waals surface area contributed by atoms with Gasteiger partial charge >= 0.3 is 0 Å². The molecule has 0 saturated carbocycles. The number of hydrogen-bond donors (Lipinski definition) is 1. The van der Waals surface area contributed by atoms with Crippen molar-refractivity contribution in [2.24, 2.45) is 5.41 Å². The van der Waals surface area contributed by atoms with Crippen LogP contribution in [0, 0.1) is 5.41 Å². The monoisotopic (exact) mass is 284 g/mol. The van der Waals surface area contributed by atoms with E-state index >= 15 is 0 Å². The highest BCUT2D eigenvalue weighted by Gasteiger charge is 2.35. The molecule has 0 amide bonds.